The fourth-order valence-electron chi connectivity index (χ4n) is 2.48. The molecule has 3 rings (SSSR count). The Morgan fingerprint density at radius 1 is 0.955 bits per heavy atom. The Morgan fingerprint density at radius 3 is 2.14 bits per heavy atom. The highest BCUT2D eigenvalue weighted by Crippen LogP contribution is 2.49. The van der Waals surface area contributed by atoms with Gasteiger partial charge in [0.05, 0.1) is 5.41 Å². The van der Waals surface area contributed by atoms with Crippen LogP contribution in [0.1, 0.15) is 18.4 Å². The van der Waals surface area contributed by atoms with Crippen LogP contribution >= 0.6 is 0 Å². The second-order valence-corrected chi connectivity index (χ2v) is 5.44. The third kappa shape index (κ3) is 3.01. The number of carbonyl (C=O) groups excluding carboxylic acids is 2. The Bertz CT molecular complexity index is 663. The third-order valence-corrected chi connectivity index (χ3v) is 3.86. The molecule has 1 aliphatic rings. The number of hydrogen-bond acceptors (Lipinski definition) is 3. The Labute approximate surface area is 129 Å². The van der Waals surface area contributed by atoms with Gasteiger partial charge in [-0.25, -0.2) is 0 Å². The first-order valence-corrected chi connectivity index (χ1v) is 7.28. The zero-order chi connectivity index (χ0) is 15.4. The van der Waals surface area contributed by atoms with Crippen molar-refractivity contribution in [3.63, 3.8) is 0 Å². The lowest BCUT2D eigenvalue weighted by molar-refractivity contribution is -0.150. The maximum atomic E-state index is 12.3. The number of nitrogens with one attached hydrogen (secondary N) is 1. The zero-order valence-electron chi connectivity index (χ0n) is 12.1. The predicted octanol–water partition coefficient (Wildman–Crippen LogP) is 2.90. The van der Waals surface area contributed by atoms with Crippen LogP contribution in [-0.4, -0.2) is 18.5 Å². The standard InChI is InChI=1S/C18H17NO3/c20-16(19-15-9-5-2-6-10-15)13-22-17(21)18(11-12-18)14-7-3-1-4-8-14/h1-10H,11-13H2,(H,19,20). The largest absolute Gasteiger partial charge is 0.455 e. The van der Waals surface area contributed by atoms with Crippen LogP contribution in [0.2, 0.25) is 0 Å². The average molecular weight is 295 g/mol. The molecule has 1 saturated carbocycles. The van der Waals surface area contributed by atoms with Crippen molar-refractivity contribution in [2.45, 2.75) is 18.3 Å². The normalized spacial score (nSPS) is 14.9. The van der Waals surface area contributed by atoms with E-state index in [0.717, 1.165) is 18.4 Å². The van der Waals surface area contributed by atoms with E-state index in [9.17, 15) is 9.59 Å². The van der Waals surface area contributed by atoms with Crippen LogP contribution in [0.4, 0.5) is 5.69 Å². The van der Waals surface area contributed by atoms with Gasteiger partial charge < -0.3 is 10.1 Å². The van der Waals surface area contributed by atoms with Gasteiger partial charge in [0, 0.05) is 5.69 Å². The molecule has 1 aliphatic carbocycles. The van der Waals surface area contributed by atoms with Crippen LogP contribution in [0.5, 0.6) is 0 Å². The number of rotatable bonds is 5. The van der Waals surface area contributed by atoms with Crippen molar-refractivity contribution < 1.29 is 14.3 Å². The Hall–Kier alpha value is -2.62. The van der Waals surface area contributed by atoms with Gasteiger partial charge >= 0.3 is 5.97 Å². The summed E-state index contributed by atoms with van der Waals surface area (Å²) in [6, 6.07) is 18.7. The second-order valence-electron chi connectivity index (χ2n) is 5.44. The maximum Gasteiger partial charge on any atom is 0.317 e. The maximum absolute atomic E-state index is 12.3. The van der Waals surface area contributed by atoms with E-state index >= 15 is 0 Å². The van der Waals surface area contributed by atoms with E-state index in [-0.39, 0.29) is 18.5 Å². The molecule has 0 heterocycles. The molecule has 0 aromatic heterocycles. The van der Waals surface area contributed by atoms with Gasteiger partial charge in [0.15, 0.2) is 6.61 Å². The van der Waals surface area contributed by atoms with Crippen LogP contribution in [0.15, 0.2) is 60.7 Å². The van der Waals surface area contributed by atoms with E-state index in [0.29, 0.717) is 5.69 Å². The summed E-state index contributed by atoms with van der Waals surface area (Å²) >= 11 is 0. The fourth-order valence-corrected chi connectivity index (χ4v) is 2.48. The number of para-hydroxylation sites is 1. The van der Waals surface area contributed by atoms with Gasteiger partial charge in [-0.05, 0) is 30.5 Å². The van der Waals surface area contributed by atoms with E-state index in [1.54, 1.807) is 12.1 Å². The Kier molecular flexibility index (Phi) is 3.92. The van der Waals surface area contributed by atoms with Crippen molar-refractivity contribution in [1.29, 1.82) is 0 Å². The van der Waals surface area contributed by atoms with Gasteiger partial charge in [0.25, 0.3) is 5.91 Å². The second kappa shape index (κ2) is 6.02. The molecule has 1 N–H and O–H groups in total. The highest BCUT2D eigenvalue weighted by atomic mass is 16.5. The van der Waals surface area contributed by atoms with Crippen LogP contribution < -0.4 is 5.32 Å². The number of esters is 1. The molecule has 112 valence electrons. The van der Waals surface area contributed by atoms with Crippen LogP contribution in [-0.2, 0) is 19.7 Å². The van der Waals surface area contributed by atoms with Crippen molar-refractivity contribution in [2.24, 2.45) is 0 Å². The molecule has 4 nitrogen and oxygen atoms in total. The van der Waals surface area contributed by atoms with Crippen LogP contribution in [0.25, 0.3) is 0 Å². The molecular weight excluding hydrogens is 278 g/mol. The molecular formula is C18H17NO3. The SMILES string of the molecule is O=C(COC(=O)C1(c2ccccc2)CC1)Nc1ccccc1. The zero-order valence-corrected chi connectivity index (χ0v) is 12.1. The minimum atomic E-state index is -0.547. The van der Waals surface area contributed by atoms with Crippen molar-refractivity contribution in [3.05, 3.63) is 66.2 Å². The lowest BCUT2D eigenvalue weighted by Crippen LogP contribution is -2.28. The summed E-state index contributed by atoms with van der Waals surface area (Å²) in [5.74, 6) is -0.648. The monoisotopic (exact) mass is 295 g/mol. The Morgan fingerprint density at radius 2 is 1.55 bits per heavy atom. The highest BCUT2D eigenvalue weighted by Gasteiger charge is 2.52. The number of hydrogen-bond donors (Lipinski definition) is 1. The van der Waals surface area contributed by atoms with Crippen molar-refractivity contribution in [3.8, 4) is 0 Å². The van der Waals surface area contributed by atoms with Gasteiger partial charge in [0.2, 0.25) is 0 Å². The molecule has 0 bridgehead atoms. The molecule has 0 spiro atoms. The van der Waals surface area contributed by atoms with Crippen molar-refractivity contribution in [1.82, 2.24) is 0 Å². The molecule has 22 heavy (non-hydrogen) atoms. The van der Waals surface area contributed by atoms with E-state index in [2.05, 4.69) is 5.32 Å². The van der Waals surface area contributed by atoms with E-state index in [1.807, 2.05) is 48.5 Å². The third-order valence-electron chi connectivity index (χ3n) is 3.86. The lowest BCUT2D eigenvalue weighted by atomic mass is 9.96. The van der Waals surface area contributed by atoms with Gasteiger partial charge in [0.1, 0.15) is 0 Å². The fraction of sp³-hybridized carbons (Fsp3) is 0.222. The van der Waals surface area contributed by atoms with Gasteiger partial charge in [-0.1, -0.05) is 48.5 Å². The van der Waals surface area contributed by atoms with Crippen LogP contribution in [0, 0.1) is 0 Å². The number of anilines is 1. The summed E-state index contributed by atoms with van der Waals surface area (Å²) < 4.78 is 5.21. The smallest absolute Gasteiger partial charge is 0.317 e. The summed E-state index contributed by atoms with van der Waals surface area (Å²) in [7, 11) is 0. The van der Waals surface area contributed by atoms with Gasteiger partial charge in [-0.2, -0.15) is 0 Å². The van der Waals surface area contributed by atoms with Gasteiger partial charge in [-0.3, -0.25) is 9.59 Å². The quantitative estimate of drug-likeness (QED) is 0.863. The molecule has 0 radical (unpaired) electrons. The molecule has 4 heteroatoms. The van der Waals surface area contributed by atoms with Crippen LogP contribution in [0.3, 0.4) is 0 Å². The summed E-state index contributed by atoms with van der Waals surface area (Å²) in [5.41, 5.74) is 1.10. The minimum absolute atomic E-state index is 0.262. The molecule has 2 aromatic rings. The first-order chi connectivity index (χ1) is 10.7. The van der Waals surface area contributed by atoms with Gasteiger partial charge in [-0.15, -0.1) is 0 Å². The van der Waals surface area contributed by atoms with Crippen molar-refractivity contribution in [2.75, 3.05) is 11.9 Å². The molecule has 2 aromatic carbocycles. The lowest BCUT2D eigenvalue weighted by Gasteiger charge is -2.14. The first kappa shape index (κ1) is 14.3. The summed E-state index contributed by atoms with van der Waals surface area (Å²) in [6.45, 7) is -0.262. The highest BCUT2D eigenvalue weighted by molar-refractivity contribution is 5.94. The molecule has 1 fully saturated rings. The van der Waals surface area contributed by atoms with E-state index in [1.165, 1.54) is 0 Å². The molecule has 1 amide bonds. The van der Waals surface area contributed by atoms with E-state index in [4.69, 9.17) is 4.74 Å². The van der Waals surface area contributed by atoms with E-state index < -0.39 is 5.41 Å². The summed E-state index contributed by atoms with van der Waals surface area (Å²) in [5, 5.41) is 2.69. The summed E-state index contributed by atoms with van der Waals surface area (Å²) in [4.78, 5) is 24.1. The van der Waals surface area contributed by atoms with Crippen molar-refractivity contribution >= 4 is 17.6 Å². The molecule has 0 aliphatic heterocycles. The predicted molar refractivity (Wildman–Crippen MR) is 83.4 cm³/mol. The molecule has 0 atom stereocenters. The number of carbonyl (C=O) groups is 2. The molecule has 0 unspecified atom stereocenters. The summed E-state index contributed by atoms with van der Waals surface area (Å²) in [6.07, 6.45) is 1.55. The number of ether oxygens (including phenoxy) is 1. The minimum Gasteiger partial charge on any atom is -0.455 e. The Balaban J connectivity index is 1.56. The first-order valence-electron chi connectivity index (χ1n) is 7.28. The topological polar surface area (TPSA) is 55.4 Å². The number of benzene rings is 2. The average Bonchev–Trinajstić information content (AvgIpc) is 3.36. The number of amides is 1. The molecule has 0 saturated heterocycles.